The van der Waals surface area contributed by atoms with Gasteiger partial charge < -0.3 is 9.47 Å². The van der Waals surface area contributed by atoms with Gasteiger partial charge in [0, 0.05) is 6.20 Å². The number of methoxy groups -OCH3 is 1. The highest BCUT2D eigenvalue weighted by Crippen LogP contribution is 2.34. The Balaban J connectivity index is 1.68. The zero-order chi connectivity index (χ0) is 19.8. The van der Waals surface area contributed by atoms with Gasteiger partial charge in [-0.1, -0.05) is 43.9 Å². The topological polar surface area (TPSA) is 49.2 Å². The van der Waals surface area contributed by atoms with Crippen molar-refractivity contribution in [3.8, 4) is 11.5 Å². The molecule has 2 aromatic rings. The molecule has 1 aliphatic rings. The van der Waals surface area contributed by atoms with Gasteiger partial charge in [-0.05, 0) is 63.1 Å². The number of ether oxygens (including phenoxy) is 2. The Hall–Kier alpha value is -2.04. The van der Waals surface area contributed by atoms with Crippen LogP contribution in [0.2, 0.25) is 0 Å². The van der Waals surface area contributed by atoms with E-state index in [2.05, 4.69) is 42.5 Å². The minimum atomic E-state index is 0.108. The van der Waals surface area contributed by atoms with Gasteiger partial charge in [0.25, 0.3) is 0 Å². The summed E-state index contributed by atoms with van der Waals surface area (Å²) in [7, 11) is 1.70. The average Bonchev–Trinajstić information content (AvgIpc) is 3.20. The van der Waals surface area contributed by atoms with Crippen molar-refractivity contribution in [3.05, 3.63) is 35.7 Å². The SMILES string of the molecule is CCCCCCc1cn(C(C)c2ccc(OC)c(OC3CCCCC3)c2)nn1. The molecule has 0 spiro atoms. The van der Waals surface area contributed by atoms with Gasteiger partial charge in [0.05, 0.1) is 24.9 Å². The smallest absolute Gasteiger partial charge is 0.161 e. The van der Waals surface area contributed by atoms with Crippen molar-refractivity contribution in [1.29, 1.82) is 0 Å². The highest BCUT2D eigenvalue weighted by atomic mass is 16.5. The molecule has 0 bridgehead atoms. The van der Waals surface area contributed by atoms with E-state index in [1.807, 2.05) is 10.7 Å². The predicted molar refractivity (Wildman–Crippen MR) is 112 cm³/mol. The highest BCUT2D eigenvalue weighted by molar-refractivity contribution is 5.44. The minimum absolute atomic E-state index is 0.108. The third kappa shape index (κ3) is 5.49. The normalized spacial score (nSPS) is 16.1. The number of nitrogens with zero attached hydrogens (tertiary/aromatic N) is 3. The van der Waals surface area contributed by atoms with Gasteiger partial charge in [-0.25, -0.2) is 4.68 Å². The van der Waals surface area contributed by atoms with Crippen LogP contribution >= 0.6 is 0 Å². The van der Waals surface area contributed by atoms with Crippen molar-refractivity contribution in [1.82, 2.24) is 15.0 Å². The maximum Gasteiger partial charge on any atom is 0.161 e. The van der Waals surface area contributed by atoms with E-state index in [-0.39, 0.29) is 6.04 Å². The molecular weight excluding hydrogens is 350 g/mol. The Morgan fingerprint density at radius 2 is 1.93 bits per heavy atom. The van der Waals surface area contributed by atoms with Crippen LogP contribution < -0.4 is 9.47 Å². The molecule has 1 saturated carbocycles. The number of hydrogen-bond donors (Lipinski definition) is 0. The molecule has 1 aliphatic carbocycles. The Morgan fingerprint density at radius 3 is 2.68 bits per heavy atom. The van der Waals surface area contributed by atoms with Crippen LogP contribution in [-0.2, 0) is 6.42 Å². The summed E-state index contributed by atoms with van der Waals surface area (Å²) >= 11 is 0. The largest absolute Gasteiger partial charge is 0.493 e. The van der Waals surface area contributed by atoms with E-state index >= 15 is 0 Å². The predicted octanol–water partition coefficient (Wildman–Crippen LogP) is 5.73. The number of aromatic nitrogens is 3. The van der Waals surface area contributed by atoms with Crippen LogP contribution in [0.25, 0.3) is 0 Å². The van der Waals surface area contributed by atoms with Gasteiger partial charge in [0.2, 0.25) is 0 Å². The lowest BCUT2D eigenvalue weighted by molar-refractivity contribution is 0.149. The molecule has 0 aliphatic heterocycles. The average molecular weight is 386 g/mol. The first-order chi connectivity index (χ1) is 13.7. The summed E-state index contributed by atoms with van der Waals surface area (Å²) in [5, 5.41) is 8.74. The Morgan fingerprint density at radius 1 is 1.11 bits per heavy atom. The first-order valence-electron chi connectivity index (χ1n) is 11.0. The minimum Gasteiger partial charge on any atom is -0.493 e. The third-order valence-corrected chi connectivity index (χ3v) is 5.76. The molecular formula is C23H35N3O2. The fourth-order valence-corrected chi connectivity index (χ4v) is 3.91. The molecule has 1 fully saturated rings. The third-order valence-electron chi connectivity index (χ3n) is 5.76. The highest BCUT2D eigenvalue weighted by Gasteiger charge is 2.19. The van der Waals surface area contributed by atoms with Crippen molar-refractivity contribution in [2.24, 2.45) is 0 Å². The van der Waals surface area contributed by atoms with Crippen LogP contribution in [0.15, 0.2) is 24.4 Å². The molecule has 3 rings (SSSR count). The second kappa shape index (κ2) is 10.5. The van der Waals surface area contributed by atoms with Gasteiger partial charge in [-0.2, -0.15) is 0 Å². The summed E-state index contributed by atoms with van der Waals surface area (Å²) in [4.78, 5) is 0. The molecule has 5 nitrogen and oxygen atoms in total. The quantitative estimate of drug-likeness (QED) is 0.490. The second-order valence-corrected chi connectivity index (χ2v) is 7.96. The zero-order valence-corrected chi connectivity index (χ0v) is 17.7. The van der Waals surface area contributed by atoms with Crippen molar-refractivity contribution >= 4 is 0 Å². The molecule has 28 heavy (non-hydrogen) atoms. The number of rotatable bonds is 10. The van der Waals surface area contributed by atoms with E-state index in [1.54, 1.807) is 7.11 Å². The van der Waals surface area contributed by atoms with E-state index in [0.29, 0.717) is 6.10 Å². The fraction of sp³-hybridized carbons (Fsp3) is 0.652. The van der Waals surface area contributed by atoms with E-state index in [4.69, 9.17) is 9.47 Å². The maximum atomic E-state index is 6.32. The van der Waals surface area contributed by atoms with Crippen molar-refractivity contribution in [3.63, 3.8) is 0 Å². The molecule has 1 aromatic heterocycles. The summed E-state index contributed by atoms with van der Waals surface area (Å²) < 4.78 is 13.8. The van der Waals surface area contributed by atoms with Crippen LogP contribution in [0.1, 0.15) is 88.9 Å². The molecule has 1 unspecified atom stereocenters. The van der Waals surface area contributed by atoms with Crippen molar-refractivity contribution in [2.75, 3.05) is 7.11 Å². The van der Waals surface area contributed by atoms with Gasteiger partial charge in [-0.15, -0.1) is 5.10 Å². The Labute approximate surface area is 169 Å². The van der Waals surface area contributed by atoms with E-state index in [1.165, 1.54) is 44.9 Å². The van der Waals surface area contributed by atoms with Crippen LogP contribution in [0.4, 0.5) is 0 Å². The van der Waals surface area contributed by atoms with Crippen LogP contribution in [-0.4, -0.2) is 28.2 Å². The van der Waals surface area contributed by atoms with Gasteiger partial charge in [0.1, 0.15) is 0 Å². The lowest BCUT2D eigenvalue weighted by Crippen LogP contribution is -2.20. The van der Waals surface area contributed by atoms with E-state index in [0.717, 1.165) is 42.0 Å². The maximum absolute atomic E-state index is 6.32. The number of benzene rings is 1. The first-order valence-corrected chi connectivity index (χ1v) is 11.0. The molecule has 0 radical (unpaired) electrons. The van der Waals surface area contributed by atoms with Crippen molar-refractivity contribution < 1.29 is 9.47 Å². The summed E-state index contributed by atoms with van der Waals surface area (Å²) in [6.07, 6.45) is 14.5. The summed E-state index contributed by atoms with van der Waals surface area (Å²) in [6, 6.07) is 6.32. The van der Waals surface area contributed by atoms with Gasteiger partial charge in [-0.3, -0.25) is 0 Å². The number of unbranched alkanes of at least 4 members (excludes halogenated alkanes) is 3. The fourth-order valence-electron chi connectivity index (χ4n) is 3.91. The molecule has 1 atom stereocenters. The first kappa shape index (κ1) is 20.7. The van der Waals surface area contributed by atoms with Crippen LogP contribution in [0.5, 0.6) is 11.5 Å². The van der Waals surface area contributed by atoms with Gasteiger partial charge >= 0.3 is 0 Å². The van der Waals surface area contributed by atoms with Crippen LogP contribution in [0, 0.1) is 0 Å². The summed E-state index contributed by atoms with van der Waals surface area (Å²) in [6.45, 7) is 4.39. The Bertz CT molecular complexity index is 722. The molecule has 5 heteroatoms. The lowest BCUT2D eigenvalue weighted by Gasteiger charge is -2.24. The van der Waals surface area contributed by atoms with Crippen molar-refractivity contribution in [2.45, 2.75) is 90.2 Å². The standard InChI is InChI=1S/C23H35N3O2/c1-4-5-6-8-11-20-17-26(25-24-20)18(2)19-14-15-22(27-3)23(16-19)28-21-12-9-7-10-13-21/h14-18,21H,4-13H2,1-3H3. The molecule has 0 saturated heterocycles. The number of hydrogen-bond acceptors (Lipinski definition) is 4. The zero-order valence-electron chi connectivity index (χ0n) is 17.7. The van der Waals surface area contributed by atoms with Crippen LogP contribution in [0.3, 0.4) is 0 Å². The molecule has 0 N–H and O–H groups in total. The summed E-state index contributed by atoms with van der Waals surface area (Å²) in [5.41, 5.74) is 2.24. The number of aryl methyl sites for hydroxylation is 1. The second-order valence-electron chi connectivity index (χ2n) is 7.96. The monoisotopic (exact) mass is 385 g/mol. The lowest BCUT2D eigenvalue weighted by atomic mass is 9.97. The van der Waals surface area contributed by atoms with E-state index < -0.39 is 0 Å². The molecule has 0 amide bonds. The van der Waals surface area contributed by atoms with E-state index in [9.17, 15) is 0 Å². The Kier molecular flexibility index (Phi) is 7.75. The molecule has 1 aromatic carbocycles. The van der Waals surface area contributed by atoms with Gasteiger partial charge in [0.15, 0.2) is 11.5 Å². The molecule has 1 heterocycles. The summed E-state index contributed by atoms with van der Waals surface area (Å²) in [5.74, 6) is 1.65. The molecule has 154 valence electrons.